The highest BCUT2D eigenvalue weighted by Gasteiger charge is 2.29. The van der Waals surface area contributed by atoms with Crippen LogP contribution >= 0.6 is 0 Å². The number of anilines is 6. The van der Waals surface area contributed by atoms with Crippen molar-refractivity contribution in [2.45, 2.75) is 141 Å². The first-order valence-electron chi connectivity index (χ1n) is 35.1. The monoisotopic (exact) mass is 1270 g/mol. The molecule has 12 aromatic carbocycles. The number of rotatable bonds is 18. The number of nitrogens with zero attached hydrogens (tertiary/aromatic N) is 2. The van der Waals surface area contributed by atoms with E-state index in [-0.39, 0.29) is 21.7 Å². The van der Waals surface area contributed by atoms with E-state index in [1.54, 1.807) is 0 Å². The minimum absolute atomic E-state index is 0.0901. The highest BCUT2D eigenvalue weighted by molar-refractivity contribution is 5.87. The molecule has 0 radical (unpaired) electrons. The normalized spacial score (nSPS) is 12.0. The molecule has 2 nitrogen and oxygen atoms in total. The van der Waals surface area contributed by atoms with Crippen LogP contribution < -0.4 is 9.80 Å². The van der Waals surface area contributed by atoms with Gasteiger partial charge in [0.15, 0.2) is 0 Å². The van der Waals surface area contributed by atoms with E-state index in [1.165, 1.54) is 128 Å². The largest absolute Gasteiger partial charge is 0.310 e. The van der Waals surface area contributed by atoms with Crippen LogP contribution in [0.4, 0.5) is 34.1 Å². The minimum Gasteiger partial charge on any atom is -0.310 e. The molecular formula is C95H98N2. The van der Waals surface area contributed by atoms with Crippen LogP contribution in [0.25, 0.3) is 77.9 Å². The maximum atomic E-state index is 2.44. The molecule has 12 aromatic rings. The smallest absolute Gasteiger partial charge is 0.0493 e. The topological polar surface area (TPSA) is 6.48 Å². The summed E-state index contributed by atoms with van der Waals surface area (Å²) in [7, 11) is 0. The van der Waals surface area contributed by atoms with E-state index in [9.17, 15) is 0 Å². The van der Waals surface area contributed by atoms with Gasteiger partial charge in [-0.05, 0) is 260 Å². The van der Waals surface area contributed by atoms with Gasteiger partial charge in [0.05, 0.1) is 0 Å². The van der Waals surface area contributed by atoms with Crippen LogP contribution in [-0.4, -0.2) is 0 Å². The Hall–Kier alpha value is -9.76. The average Bonchev–Trinajstić information content (AvgIpc) is 0.779. The number of aryl methyl sites for hydroxylation is 6. The van der Waals surface area contributed by atoms with Crippen molar-refractivity contribution in [3.8, 4) is 77.9 Å². The summed E-state index contributed by atoms with van der Waals surface area (Å²) in [4.78, 5) is 4.83. The summed E-state index contributed by atoms with van der Waals surface area (Å²) < 4.78 is 0. The van der Waals surface area contributed by atoms with Crippen LogP contribution in [0.15, 0.2) is 267 Å². The molecule has 0 amide bonds. The fraction of sp³-hybridized carbons (Fsp3) is 0.242. The Kier molecular flexibility index (Phi) is 19.0. The van der Waals surface area contributed by atoms with Crippen LogP contribution in [0.3, 0.4) is 0 Å². The minimum atomic E-state index is 0.0901. The molecule has 0 saturated carbocycles. The summed E-state index contributed by atoms with van der Waals surface area (Å²) in [6.45, 7) is 36.9. The van der Waals surface area contributed by atoms with Crippen LogP contribution in [0.5, 0.6) is 0 Å². The maximum Gasteiger partial charge on any atom is 0.0493 e. The standard InChI is InChI=1S/C95H98N2/c1-17-69-61-80(42-56-89(69)90-59-68(6)91(60-67(90)5)97(85-51-38-75(39-52-85)71-24-20-65(3)21-25-71)86-53-40-77(41-54-86)73-32-45-82(46-33-73)95(15,16)63-93(10,11)12)78-26-28-79(29-27-78)88-57-55-87(58-66(88)4)96(83-47-34-74(35-48-83)70-22-18-64(2)19-23-70)84-49-36-76(37-50-84)72-30-43-81(44-31-72)94(13,14)62-92(7,8)9/h18-61H,17,62-63H2,1-16H3. The highest BCUT2D eigenvalue weighted by Crippen LogP contribution is 2.45. The van der Waals surface area contributed by atoms with Crippen molar-refractivity contribution in [2.24, 2.45) is 10.8 Å². The predicted molar refractivity (Wildman–Crippen MR) is 421 cm³/mol. The van der Waals surface area contributed by atoms with E-state index in [2.05, 4.69) is 387 Å². The molecule has 0 saturated heterocycles. The molecule has 0 aliphatic rings. The van der Waals surface area contributed by atoms with E-state index in [0.717, 1.165) is 47.7 Å². The van der Waals surface area contributed by atoms with Gasteiger partial charge in [-0.1, -0.05) is 281 Å². The van der Waals surface area contributed by atoms with Gasteiger partial charge in [0.1, 0.15) is 0 Å². The second-order valence-electron chi connectivity index (χ2n) is 31.2. The zero-order valence-electron chi connectivity index (χ0n) is 60.4. The zero-order valence-corrected chi connectivity index (χ0v) is 60.4. The first-order chi connectivity index (χ1) is 46.3. The number of hydrogen-bond acceptors (Lipinski definition) is 2. The molecular weight excluding hydrogens is 1170 g/mol. The molecule has 12 rings (SSSR count). The molecule has 0 aliphatic carbocycles. The molecule has 0 unspecified atom stereocenters. The van der Waals surface area contributed by atoms with E-state index < -0.39 is 0 Å². The van der Waals surface area contributed by atoms with Crippen LogP contribution in [0.2, 0.25) is 0 Å². The van der Waals surface area contributed by atoms with Crippen LogP contribution in [0, 0.1) is 45.4 Å². The molecule has 0 aromatic heterocycles. The van der Waals surface area contributed by atoms with Crippen molar-refractivity contribution < 1.29 is 0 Å². The third-order valence-electron chi connectivity index (χ3n) is 19.8. The Morgan fingerprint density at radius 2 is 0.546 bits per heavy atom. The first-order valence-corrected chi connectivity index (χ1v) is 35.1. The van der Waals surface area contributed by atoms with E-state index in [0.29, 0.717) is 0 Å². The Morgan fingerprint density at radius 1 is 0.247 bits per heavy atom. The average molecular weight is 1270 g/mol. The Balaban J connectivity index is 0.807. The summed E-state index contributed by atoms with van der Waals surface area (Å²) in [5.41, 5.74) is 34.8. The summed E-state index contributed by atoms with van der Waals surface area (Å²) in [5, 5.41) is 0. The van der Waals surface area contributed by atoms with Crippen LogP contribution in [0.1, 0.15) is 134 Å². The van der Waals surface area contributed by atoms with Gasteiger partial charge in [-0.3, -0.25) is 0 Å². The molecule has 0 heterocycles. The van der Waals surface area contributed by atoms with E-state index in [1.807, 2.05) is 0 Å². The molecule has 0 aliphatic heterocycles. The Morgan fingerprint density at radius 3 is 0.918 bits per heavy atom. The Labute approximate surface area is 581 Å². The van der Waals surface area contributed by atoms with E-state index >= 15 is 0 Å². The molecule has 2 heteroatoms. The molecule has 0 bridgehead atoms. The van der Waals surface area contributed by atoms with Gasteiger partial charge in [0.25, 0.3) is 0 Å². The lowest BCUT2D eigenvalue weighted by Crippen LogP contribution is -2.24. The quantitative estimate of drug-likeness (QED) is 0.0845. The van der Waals surface area contributed by atoms with Gasteiger partial charge in [-0.2, -0.15) is 0 Å². The van der Waals surface area contributed by atoms with E-state index in [4.69, 9.17) is 0 Å². The highest BCUT2D eigenvalue weighted by atomic mass is 15.1. The second kappa shape index (κ2) is 27.4. The summed E-state index contributed by atoms with van der Waals surface area (Å²) in [5.74, 6) is 0. The second-order valence-corrected chi connectivity index (χ2v) is 31.2. The number of hydrogen-bond donors (Lipinski definition) is 0. The van der Waals surface area contributed by atoms with Gasteiger partial charge in [0.2, 0.25) is 0 Å². The van der Waals surface area contributed by atoms with Gasteiger partial charge in [-0.15, -0.1) is 0 Å². The van der Waals surface area contributed by atoms with Crippen LogP contribution in [-0.2, 0) is 17.3 Å². The lowest BCUT2D eigenvalue weighted by atomic mass is 9.72. The predicted octanol–water partition coefficient (Wildman–Crippen LogP) is 27.8. The fourth-order valence-electron chi connectivity index (χ4n) is 15.3. The molecule has 97 heavy (non-hydrogen) atoms. The molecule has 0 spiro atoms. The Bertz CT molecular complexity index is 4680. The summed E-state index contributed by atoms with van der Waals surface area (Å²) in [6.07, 6.45) is 3.16. The number of benzene rings is 12. The van der Waals surface area contributed by atoms with Crippen molar-refractivity contribution in [1.82, 2.24) is 0 Å². The molecule has 0 fully saturated rings. The van der Waals surface area contributed by atoms with Crippen molar-refractivity contribution in [2.75, 3.05) is 9.80 Å². The maximum absolute atomic E-state index is 2.44. The molecule has 0 N–H and O–H groups in total. The molecule has 488 valence electrons. The van der Waals surface area contributed by atoms with Gasteiger partial charge >= 0.3 is 0 Å². The SMILES string of the molecule is CCc1cc(-c2ccc(-c3ccc(N(c4ccc(-c5ccc(C)cc5)cc4)c4ccc(-c5ccc(C(C)(C)CC(C)(C)C)cc5)cc4)cc3C)cc2)ccc1-c1cc(C)c(N(c2ccc(-c3ccc(C)cc3)cc2)c2ccc(-c3ccc(C(C)(C)CC(C)(C)C)cc3)cc2)cc1C. The third-order valence-corrected chi connectivity index (χ3v) is 19.8. The van der Waals surface area contributed by atoms with Gasteiger partial charge in [-0.25, -0.2) is 0 Å². The zero-order chi connectivity index (χ0) is 68.6. The van der Waals surface area contributed by atoms with Crippen molar-refractivity contribution in [3.63, 3.8) is 0 Å². The lowest BCUT2D eigenvalue weighted by molar-refractivity contribution is 0.283. The van der Waals surface area contributed by atoms with Crippen molar-refractivity contribution in [1.29, 1.82) is 0 Å². The summed E-state index contributed by atoms with van der Waals surface area (Å²) >= 11 is 0. The summed E-state index contributed by atoms with van der Waals surface area (Å²) in [6, 6.07) is 100. The van der Waals surface area contributed by atoms with Gasteiger partial charge < -0.3 is 9.80 Å². The van der Waals surface area contributed by atoms with Crippen molar-refractivity contribution in [3.05, 3.63) is 311 Å². The third kappa shape index (κ3) is 15.3. The first kappa shape index (κ1) is 67.2. The molecule has 0 atom stereocenters. The van der Waals surface area contributed by atoms with Gasteiger partial charge in [0, 0.05) is 34.1 Å². The lowest BCUT2D eigenvalue weighted by Gasteiger charge is -2.33. The fourth-order valence-corrected chi connectivity index (χ4v) is 15.3. The van der Waals surface area contributed by atoms with Crippen molar-refractivity contribution >= 4 is 34.1 Å².